The molecule has 9 nitrogen and oxygen atoms in total. The van der Waals surface area contributed by atoms with Gasteiger partial charge >= 0.3 is 0 Å². The van der Waals surface area contributed by atoms with Crippen LogP contribution in [0.5, 0.6) is 5.75 Å². The van der Waals surface area contributed by atoms with Crippen molar-refractivity contribution in [1.82, 2.24) is 19.7 Å². The molecule has 2 aromatic heterocycles. The van der Waals surface area contributed by atoms with E-state index in [1.165, 1.54) is 48.9 Å². The number of nitrogens with two attached hydrogens (primary N) is 2. The van der Waals surface area contributed by atoms with E-state index in [4.69, 9.17) is 16.3 Å². The average molecular weight is 452 g/mol. The van der Waals surface area contributed by atoms with Crippen LogP contribution in [-0.4, -0.2) is 33.7 Å². The van der Waals surface area contributed by atoms with E-state index in [2.05, 4.69) is 22.6 Å². The van der Waals surface area contributed by atoms with Crippen LogP contribution in [-0.2, 0) is 17.9 Å². The molecule has 1 fully saturated rings. The Kier molecular flexibility index (Phi) is 6.27. The first-order chi connectivity index (χ1) is 15.9. The highest BCUT2D eigenvalue weighted by Crippen LogP contribution is 2.39. The van der Waals surface area contributed by atoms with Gasteiger partial charge in [0.1, 0.15) is 11.3 Å². The topological polar surface area (TPSA) is 128 Å². The van der Waals surface area contributed by atoms with Crippen molar-refractivity contribution in [3.63, 3.8) is 0 Å². The zero-order valence-electron chi connectivity index (χ0n) is 18.1. The summed E-state index contributed by atoms with van der Waals surface area (Å²) < 4.78 is 21.3. The van der Waals surface area contributed by atoms with Gasteiger partial charge in [-0.15, -0.1) is 0 Å². The molecule has 10 heteroatoms. The molecule has 1 aliphatic carbocycles. The Balaban J connectivity index is 1.39. The highest BCUT2D eigenvalue weighted by Gasteiger charge is 2.23. The fraction of sp³-hybridized carbons (Fsp3) is 0.261. The lowest BCUT2D eigenvalue weighted by Crippen LogP contribution is -2.33. The molecular formula is C23H25FN6O3. The third kappa shape index (κ3) is 4.96. The number of benzene rings is 1. The van der Waals surface area contributed by atoms with E-state index in [0.717, 1.165) is 5.65 Å². The molecule has 0 bridgehead atoms. The molecule has 0 atom stereocenters. The highest BCUT2D eigenvalue weighted by atomic mass is 19.1. The Morgan fingerprint density at radius 2 is 2.12 bits per heavy atom. The molecule has 1 aliphatic rings. The molecule has 1 saturated carbocycles. The summed E-state index contributed by atoms with van der Waals surface area (Å²) in [5, 5.41) is 3.74. The normalized spacial score (nSPS) is 13.7. The number of methoxy groups -OCH3 is 1. The van der Waals surface area contributed by atoms with Crippen LogP contribution in [0.3, 0.4) is 0 Å². The molecule has 33 heavy (non-hydrogen) atoms. The van der Waals surface area contributed by atoms with E-state index in [1.807, 2.05) is 16.7 Å². The van der Waals surface area contributed by atoms with Crippen LogP contribution in [0.15, 0.2) is 48.6 Å². The summed E-state index contributed by atoms with van der Waals surface area (Å²) in [6.07, 6.45) is 8.18. The minimum Gasteiger partial charge on any atom is -0.494 e. The first kappa shape index (κ1) is 22.3. The predicted octanol–water partition coefficient (Wildman–Crippen LogP) is 1.96. The second-order valence-corrected chi connectivity index (χ2v) is 7.94. The van der Waals surface area contributed by atoms with E-state index in [0.29, 0.717) is 17.9 Å². The van der Waals surface area contributed by atoms with E-state index >= 15 is 0 Å². The van der Waals surface area contributed by atoms with Gasteiger partial charge in [-0.2, -0.15) is 0 Å². The van der Waals surface area contributed by atoms with Crippen LogP contribution in [0.25, 0.3) is 5.65 Å². The average Bonchev–Trinajstić information content (AvgIpc) is 3.57. The molecule has 1 amide bonds. The predicted molar refractivity (Wildman–Crippen MR) is 119 cm³/mol. The number of aldehydes is 1. The summed E-state index contributed by atoms with van der Waals surface area (Å²) >= 11 is 0. The van der Waals surface area contributed by atoms with Crippen molar-refractivity contribution in [1.29, 1.82) is 0 Å². The van der Waals surface area contributed by atoms with Gasteiger partial charge in [-0.3, -0.25) is 9.59 Å². The Morgan fingerprint density at radius 3 is 2.82 bits per heavy atom. The highest BCUT2D eigenvalue weighted by molar-refractivity contribution is 5.92. The maximum absolute atomic E-state index is 14.5. The number of pyridine rings is 1. The van der Waals surface area contributed by atoms with E-state index < -0.39 is 11.7 Å². The molecule has 0 radical (unpaired) electrons. The number of rotatable bonds is 9. The van der Waals surface area contributed by atoms with Gasteiger partial charge in [-0.25, -0.2) is 15.2 Å². The van der Waals surface area contributed by atoms with Crippen molar-refractivity contribution in [2.24, 2.45) is 11.6 Å². The number of halogens is 1. The van der Waals surface area contributed by atoms with E-state index in [1.54, 1.807) is 0 Å². The SMILES string of the molecule is COc1ccc(C=O)c(CNC(=O)/C(N)=C/N(N)Cc2cn3cc(C4CC4)ccc3n2)c1F. The third-order valence-corrected chi connectivity index (χ3v) is 5.50. The van der Waals surface area contributed by atoms with Gasteiger partial charge in [-0.05, 0) is 42.5 Å². The number of ether oxygens (including phenoxy) is 1. The molecule has 0 saturated heterocycles. The molecule has 172 valence electrons. The minimum atomic E-state index is -0.720. The number of fused-ring (bicyclic) bond motifs is 1. The fourth-order valence-corrected chi connectivity index (χ4v) is 3.60. The number of carbonyl (C=O) groups is 2. The van der Waals surface area contributed by atoms with Gasteiger partial charge < -0.3 is 25.2 Å². The number of hydrogen-bond acceptors (Lipinski definition) is 7. The van der Waals surface area contributed by atoms with E-state index in [-0.39, 0.29) is 35.7 Å². The number of aromatic nitrogens is 2. The number of hydrazine groups is 1. The number of carbonyl (C=O) groups excluding carboxylic acids is 2. The van der Waals surface area contributed by atoms with Gasteiger partial charge in [0.15, 0.2) is 17.9 Å². The zero-order valence-corrected chi connectivity index (χ0v) is 18.1. The Morgan fingerprint density at radius 1 is 1.33 bits per heavy atom. The first-order valence-corrected chi connectivity index (χ1v) is 10.4. The van der Waals surface area contributed by atoms with Crippen LogP contribution in [0.4, 0.5) is 4.39 Å². The molecule has 0 spiro atoms. The van der Waals surface area contributed by atoms with Crippen molar-refractivity contribution in [3.8, 4) is 5.75 Å². The Labute approximate surface area is 189 Å². The lowest BCUT2D eigenvalue weighted by atomic mass is 10.1. The van der Waals surface area contributed by atoms with Crippen LogP contribution in [0.2, 0.25) is 0 Å². The molecule has 4 rings (SSSR count). The molecule has 5 N–H and O–H groups in total. The first-order valence-electron chi connectivity index (χ1n) is 10.4. The number of imidazole rings is 1. The van der Waals surface area contributed by atoms with Crippen LogP contribution < -0.4 is 21.6 Å². The number of hydrogen-bond donors (Lipinski definition) is 3. The van der Waals surface area contributed by atoms with Crippen molar-refractivity contribution in [2.45, 2.75) is 31.8 Å². The summed E-state index contributed by atoms with van der Waals surface area (Å²) in [5.41, 5.74) is 8.60. The van der Waals surface area contributed by atoms with Crippen LogP contribution >= 0.6 is 0 Å². The summed E-state index contributed by atoms with van der Waals surface area (Å²) in [7, 11) is 1.31. The van der Waals surface area contributed by atoms with Gasteiger partial charge in [-0.1, -0.05) is 6.07 Å². The van der Waals surface area contributed by atoms with Gasteiger partial charge in [0.05, 0.1) is 19.3 Å². The second-order valence-electron chi connectivity index (χ2n) is 7.94. The molecular weight excluding hydrogens is 427 g/mol. The van der Waals surface area contributed by atoms with Gasteiger partial charge in [0, 0.05) is 36.3 Å². The maximum Gasteiger partial charge on any atom is 0.268 e. The molecule has 0 aliphatic heterocycles. The van der Waals surface area contributed by atoms with Crippen LogP contribution in [0, 0.1) is 5.82 Å². The third-order valence-electron chi connectivity index (χ3n) is 5.50. The Bertz CT molecular complexity index is 1230. The molecule has 0 unspecified atom stereocenters. The summed E-state index contributed by atoms with van der Waals surface area (Å²) in [6, 6.07) is 6.82. The standard InChI is InChI=1S/C23H25FN6O3/c1-33-20-6-4-16(13-31)18(22(20)24)8-27-23(32)19(25)12-30(26)11-17-10-29-9-15(14-2-3-14)5-7-21(29)28-17/h4-7,9-10,12-14H,2-3,8,11,25-26H2,1H3,(H,27,32)/b19-12-. The number of nitrogens with one attached hydrogen (secondary N) is 1. The number of amides is 1. The lowest BCUT2D eigenvalue weighted by molar-refractivity contribution is -0.117. The molecule has 1 aromatic carbocycles. The lowest BCUT2D eigenvalue weighted by Gasteiger charge is -2.14. The quantitative estimate of drug-likeness (QED) is 0.196. The second kappa shape index (κ2) is 9.29. The summed E-state index contributed by atoms with van der Waals surface area (Å²) in [5.74, 6) is 5.23. The van der Waals surface area contributed by atoms with Crippen molar-refractivity contribution in [2.75, 3.05) is 7.11 Å². The van der Waals surface area contributed by atoms with E-state index in [9.17, 15) is 14.0 Å². The van der Waals surface area contributed by atoms with Crippen molar-refractivity contribution >= 4 is 17.8 Å². The smallest absolute Gasteiger partial charge is 0.268 e. The minimum absolute atomic E-state index is 0.00497. The summed E-state index contributed by atoms with van der Waals surface area (Å²) in [4.78, 5) is 28.1. The van der Waals surface area contributed by atoms with Gasteiger partial charge in [0.25, 0.3) is 5.91 Å². The number of nitrogens with zero attached hydrogens (tertiary/aromatic N) is 3. The largest absolute Gasteiger partial charge is 0.494 e. The maximum atomic E-state index is 14.5. The molecule has 3 aromatic rings. The van der Waals surface area contributed by atoms with Crippen LogP contribution in [0.1, 0.15) is 45.9 Å². The van der Waals surface area contributed by atoms with Crippen molar-refractivity contribution < 1.29 is 18.7 Å². The summed E-state index contributed by atoms with van der Waals surface area (Å²) in [6.45, 7) is -0.0148. The zero-order chi connectivity index (χ0) is 23.5. The van der Waals surface area contributed by atoms with Crippen molar-refractivity contribution in [3.05, 3.63) is 76.8 Å². The Hall–Kier alpha value is -3.92. The van der Waals surface area contributed by atoms with Gasteiger partial charge in [0.2, 0.25) is 0 Å². The molecule has 2 heterocycles. The monoisotopic (exact) mass is 452 g/mol. The fourth-order valence-electron chi connectivity index (χ4n) is 3.60.